The normalized spacial score (nSPS) is 12.6. The van der Waals surface area contributed by atoms with Crippen molar-refractivity contribution in [2.75, 3.05) is 13.2 Å². The average molecular weight is 1090 g/mol. The van der Waals surface area contributed by atoms with E-state index in [1.54, 1.807) is 0 Å². The van der Waals surface area contributed by atoms with Crippen molar-refractivity contribution in [3.05, 3.63) is 85.1 Å². The Bertz CT molecular complexity index is 1480. The molecule has 0 heterocycles. The van der Waals surface area contributed by atoms with Crippen LogP contribution >= 0.6 is 0 Å². The van der Waals surface area contributed by atoms with Crippen molar-refractivity contribution >= 4 is 17.9 Å². The molecule has 0 aromatic rings. The largest absolute Gasteiger partial charge is 0.462 e. The first-order valence-electron chi connectivity index (χ1n) is 33.6. The maximum absolute atomic E-state index is 12.9. The van der Waals surface area contributed by atoms with Crippen molar-refractivity contribution < 1.29 is 28.6 Å². The summed E-state index contributed by atoms with van der Waals surface area (Å²) in [5.74, 6) is -0.903. The van der Waals surface area contributed by atoms with Gasteiger partial charge in [-0.2, -0.15) is 0 Å². The van der Waals surface area contributed by atoms with Gasteiger partial charge in [-0.05, 0) is 109 Å². The Morgan fingerprint density at radius 3 is 0.846 bits per heavy atom. The van der Waals surface area contributed by atoms with Crippen molar-refractivity contribution in [2.24, 2.45) is 0 Å². The number of unbranched alkanes of at least 4 members (excludes halogenated alkanes) is 36. The van der Waals surface area contributed by atoms with Crippen LogP contribution in [-0.4, -0.2) is 37.2 Å². The summed E-state index contributed by atoms with van der Waals surface area (Å²) in [4.78, 5) is 38.2. The first-order chi connectivity index (χ1) is 38.5. The minimum atomic E-state index is -0.790. The highest BCUT2D eigenvalue weighted by Gasteiger charge is 2.19. The van der Waals surface area contributed by atoms with Crippen LogP contribution in [0.15, 0.2) is 85.1 Å². The van der Waals surface area contributed by atoms with E-state index in [9.17, 15) is 14.4 Å². The number of esters is 3. The number of hydrogen-bond donors (Lipinski definition) is 0. The highest BCUT2D eigenvalue weighted by atomic mass is 16.6. The molecule has 0 N–H and O–H groups in total. The number of rotatable bonds is 61. The van der Waals surface area contributed by atoms with Gasteiger partial charge in [0, 0.05) is 19.3 Å². The minimum Gasteiger partial charge on any atom is -0.462 e. The van der Waals surface area contributed by atoms with E-state index in [2.05, 4.69) is 106 Å². The summed E-state index contributed by atoms with van der Waals surface area (Å²) in [7, 11) is 0. The lowest BCUT2D eigenvalue weighted by Gasteiger charge is -2.18. The van der Waals surface area contributed by atoms with E-state index < -0.39 is 6.10 Å². The van der Waals surface area contributed by atoms with E-state index in [-0.39, 0.29) is 31.1 Å². The van der Waals surface area contributed by atoms with Gasteiger partial charge in [-0.15, -0.1) is 0 Å². The molecular weight excluding hydrogens is 961 g/mol. The second kappa shape index (κ2) is 66.1. The third kappa shape index (κ3) is 63.4. The van der Waals surface area contributed by atoms with Crippen molar-refractivity contribution in [1.29, 1.82) is 0 Å². The number of hydrogen-bond acceptors (Lipinski definition) is 6. The molecule has 6 heteroatoms. The summed E-state index contributed by atoms with van der Waals surface area (Å²) >= 11 is 0. The number of carbonyl (C=O) groups is 3. The number of allylic oxidation sites excluding steroid dienone is 14. The lowest BCUT2D eigenvalue weighted by Crippen LogP contribution is -2.30. The Hall–Kier alpha value is -3.41. The SMILES string of the molecule is CC/C=C\C/C=C\C/C=C\C/C=C\C/C=C\CCCCCCCC(=O)OC(COC(=O)CCCCCCC/C=C\CCC)COC(=O)CCCCCCCCCCCCCCCCCCC/C=C\CCCCCCCCCC. The summed E-state index contributed by atoms with van der Waals surface area (Å²) in [5.41, 5.74) is 0. The van der Waals surface area contributed by atoms with Crippen LogP contribution in [0.5, 0.6) is 0 Å². The molecule has 0 aromatic carbocycles. The molecule has 0 saturated carbocycles. The lowest BCUT2D eigenvalue weighted by atomic mass is 10.0. The Morgan fingerprint density at radius 2 is 0.526 bits per heavy atom. The zero-order valence-electron chi connectivity index (χ0n) is 51.7. The van der Waals surface area contributed by atoms with Crippen LogP contribution in [0.3, 0.4) is 0 Å². The Balaban J connectivity index is 4.19. The van der Waals surface area contributed by atoms with Gasteiger partial charge in [0.15, 0.2) is 6.10 Å². The molecular formula is C72H126O6. The van der Waals surface area contributed by atoms with Crippen LogP contribution in [0.4, 0.5) is 0 Å². The third-order valence-electron chi connectivity index (χ3n) is 14.6. The fraction of sp³-hybridized carbons (Fsp3) is 0.764. The first-order valence-corrected chi connectivity index (χ1v) is 33.6. The predicted molar refractivity (Wildman–Crippen MR) is 339 cm³/mol. The fourth-order valence-corrected chi connectivity index (χ4v) is 9.59. The molecule has 0 amide bonds. The molecule has 1 unspecified atom stereocenters. The molecule has 1 atom stereocenters. The Kier molecular flexibility index (Phi) is 63.2. The monoisotopic (exact) mass is 1090 g/mol. The molecule has 0 saturated heterocycles. The van der Waals surface area contributed by atoms with E-state index in [1.807, 2.05) is 0 Å². The van der Waals surface area contributed by atoms with Crippen molar-refractivity contribution in [3.63, 3.8) is 0 Å². The van der Waals surface area contributed by atoms with Gasteiger partial charge < -0.3 is 14.2 Å². The highest BCUT2D eigenvalue weighted by Crippen LogP contribution is 2.17. The molecule has 6 nitrogen and oxygen atoms in total. The van der Waals surface area contributed by atoms with Gasteiger partial charge in [0.2, 0.25) is 0 Å². The van der Waals surface area contributed by atoms with Crippen LogP contribution in [0, 0.1) is 0 Å². The Morgan fingerprint density at radius 1 is 0.269 bits per heavy atom. The predicted octanol–water partition coefficient (Wildman–Crippen LogP) is 23.1. The van der Waals surface area contributed by atoms with Gasteiger partial charge in [-0.25, -0.2) is 0 Å². The molecule has 450 valence electrons. The standard InChI is InChI=1S/C72H126O6/c1-4-7-10-13-16-19-22-24-26-28-30-32-33-34-35-36-37-38-39-41-42-44-46-48-50-53-56-59-62-65-71(74)77-68-69(67-76-70(73)64-61-58-55-52-21-18-15-12-9-6-3)78-72(75)66-63-60-57-54-51-49-47-45-43-40-31-29-27-25-23-20-17-14-11-8-5-2/h8,11-12,15,17,20,25,27-28,30-31,40,45,47,69H,4-7,9-10,13-14,16,18-19,21-24,26,29,32-39,41-44,46,48-68H2,1-3H3/b11-8-,15-12-,20-17-,27-25-,30-28-,40-31-,47-45-. The summed E-state index contributed by atoms with van der Waals surface area (Å²) in [6.45, 7) is 6.47. The van der Waals surface area contributed by atoms with Crippen LogP contribution in [0.2, 0.25) is 0 Å². The molecule has 0 bridgehead atoms. The van der Waals surface area contributed by atoms with Crippen molar-refractivity contribution in [2.45, 2.75) is 341 Å². The molecule has 0 aliphatic carbocycles. The lowest BCUT2D eigenvalue weighted by molar-refractivity contribution is -0.167. The van der Waals surface area contributed by atoms with E-state index in [0.717, 1.165) is 122 Å². The van der Waals surface area contributed by atoms with Gasteiger partial charge in [-0.3, -0.25) is 14.4 Å². The topological polar surface area (TPSA) is 78.9 Å². The molecule has 0 radical (unpaired) electrons. The third-order valence-corrected chi connectivity index (χ3v) is 14.6. The van der Waals surface area contributed by atoms with Crippen molar-refractivity contribution in [1.82, 2.24) is 0 Å². The first kappa shape index (κ1) is 74.6. The Labute approximate surface area is 484 Å². The number of ether oxygens (including phenoxy) is 3. The van der Waals surface area contributed by atoms with Crippen LogP contribution in [0.25, 0.3) is 0 Å². The smallest absolute Gasteiger partial charge is 0.306 e. The summed E-state index contributed by atoms with van der Waals surface area (Å²) < 4.78 is 16.9. The molecule has 78 heavy (non-hydrogen) atoms. The maximum Gasteiger partial charge on any atom is 0.306 e. The quantitative estimate of drug-likeness (QED) is 0.0261. The minimum absolute atomic E-state index is 0.0852. The number of carbonyl (C=O) groups excluding carboxylic acids is 3. The summed E-state index contributed by atoms with van der Waals surface area (Å²) in [5, 5.41) is 0. The molecule has 0 spiro atoms. The van der Waals surface area contributed by atoms with E-state index in [0.29, 0.717) is 19.3 Å². The average Bonchev–Trinajstić information content (AvgIpc) is 3.44. The van der Waals surface area contributed by atoms with Gasteiger partial charge >= 0.3 is 17.9 Å². The van der Waals surface area contributed by atoms with Crippen molar-refractivity contribution in [3.8, 4) is 0 Å². The summed E-state index contributed by atoms with van der Waals surface area (Å²) in [6.07, 6.45) is 87.6. The molecule has 0 aromatic heterocycles. The zero-order chi connectivity index (χ0) is 56.4. The van der Waals surface area contributed by atoms with E-state index in [1.165, 1.54) is 173 Å². The second-order valence-corrected chi connectivity index (χ2v) is 22.3. The van der Waals surface area contributed by atoms with Crippen LogP contribution in [-0.2, 0) is 28.6 Å². The van der Waals surface area contributed by atoms with Gasteiger partial charge in [-0.1, -0.05) is 292 Å². The molecule has 0 aliphatic heterocycles. The van der Waals surface area contributed by atoms with Gasteiger partial charge in [0.1, 0.15) is 13.2 Å². The highest BCUT2D eigenvalue weighted by molar-refractivity contribution is 5.71. The second-order valence-electron chi connectivity index (χ2n) is 22.3. The van der Waals surface area contributed by atoms with Crippen LogP contribution in [0.1, 0.15) is 335 Å². The maximum atomic E-state index is 12.9. The van der Waals surface area contributed by atoms with Gasteiger partial charge in [0.25, 0.3) is 0 Å². The fourth-order valence-electron chi connectivity index (χ4n) is 9.59. The van der Waals surface area contributed by atoms with Gasteiger partial charge in [0.05, 0.1) is 0 Å². The molecule has 0 rings (SSSR count). The van der Waals surface area contributed by atoms with Crippen LogP contribution < -0.4 is 0 Å². The molecule has 0 fully saturated rings. The van der Waals surface area contributed by atoms with E-state index >= 15 is 0 Å². The van der Waals surface area contributed by atoms with E-state index in [4.69, 9.17) is 14.2 Å². The summed E-state index contributed by atoms with van der Waals surface area (Å²) in [6, 6.07) is 0. The zero-order valence-corrected chi connectivity index (χ0v) is 51.7. The molecule has 0 aliphatic rings.